The van der Waals surface area contributed by atoms with Crippen LogP contribution in [-0.4, -0.2) is 23.2 Å². The van der Waals surface area contributed by atoms with E-state index in [4.69, 9.17) is 0 Å². The number of rotatable bonds is 7. The Morgan fingerprint density at radius 2 is 1.88 bits per heavy atom. The summed E-state index contributed by atoms with van der Waals surface area (Å²) >= 11 is 1.83. The van der Waals surface area contributed by atoms with E-state index in [2.05, 4.69) is 29.4 Å². The predicted molar refractivity (Wildman–Crippen MR) is 103 cm³/mol. The summed E-state index contributed by atoms with van der Waals surface area (Å²) in [6, 6.07) is 16.1. The molecule has 2 N–H and O–H groups in total. The van der Waals surface area contributed by atoms with Crippen molar-refractivity contribution >= 4 is 28.6 Å². The topological polar surface area (TPSA) is 44.9 Å². The van der Waals surface area contributed by atoms with Crippen LogP contribution in [0.25, 0.3) is 10.9 Å². The molecule has 1 amide bonds. The number of nitrogens with one attached hydrogen (secondary N) is 2. The molecule has 0 radical (unpaired) electrons. The van der Waals surface area contributed by atoms with Crippen LogP contribution < -0.4 is 5.32 Å². The summed E-state index contributed by atoms with van der Waals surface area (Å²) in [6.45, 7) is 2.77. The molecule has 24 heavy (non-hydrogen) atoms. The van der Waals surface area contributed by atoms with Gasteiger partial charge in [-0.15, -0.1) is 0 Å². The second kappa shape index (κ2) is 8.06. The number of aromatic nitrogens is 1. The highest BCUT2D eigenvalue weighted by Gasteiger charge is 2.10. The number of hydrogen-bond acceptors (Lipinski definition) is 2. The monoisotopic (exact) mass is 338 g/mol. The molecule has 3 nitrogen and oxygen atoms in total. The maximum absolute atomic E-state index is 12.5. The van der Waals surface area contributed by atoms with Crippen LogP contribution in [0.5, 0.6) is 0 Å². The Hall–Kier alpha value is -2.20. The standard InChI is InChI=1S/C20H22N2OS/c1-2-24-14-16-7-3-4-9-18(16)20(23)21-12-11-15-13-22-19-10-6-5-8-17(15)19/h3-10,13,22H,2,11-12,14H2,1H3,(H,21,23). The lowest BCUT2D eigenvalue weighted by Crippen LogP contribution is -2.26. The zero-order valence-electron chi connectivity index (χ0n) is 13.8. The number of H-pyrrole nitrogens is 1. The molecule has 0 saturated carbocycles. The molecular weight excluding hydrogens is 316 g/mol. The largest absolute Gasteiger partial charge is 0.361 e. The molecule has 0 spiro atoms. The van der Waals surface area contributed by atoms with Gasteiger partial charge in [-0.1, -0.05) is 43.3 Å². The van der Waals surface area contributed by atoms with E-state index in [9.17, 15) is 4.79 Å². The first-order chi connectivity index (χ1) is 11.8. The van der Waals surface area contributed by atoms with E-state index < -0.39 is 0 Å². The number of carbonyl (C=O) groups excluding carboxylic acids is 1. The molecule has 0 aliphatic heterocycles. The van der Waals surface area contributed by atoms with E-state index in [1.807, 2.05) is 54.4 Å². The van der Waals surface area contributed by atoms with Gasteiger partial charge in [0, 0.05) is 35.0 Å². The fourth-order valence-corrected chi connectivity index (χ4v) is 3.50. The second-order valence-corrected chi connectivity index (χ2v) is 6.93. The van der Waals surface area contributed by atoms with Crippen molar-refractivity contribution in [3.05, 3.63) is 71.4 Å². The van der Waals surface area contributed by atoms with E-state index >= 15 is 0 Å². The van der Waals surface area contributed by atoms with Gasteiger partial charge >= 0.3 is 0 Å². The molecule has 3 aromatic rings. The zero-order valence-corrected chi connectivity index (χ0v) is 14.7. The van der Waals surface area contributed by atoms with Crippen molar-refractivity contribution in [2.75, 3.05) is 12.3 Å². The SMILES string of the molecule is CCSCc1ccccc1C(=O)NCCc1c[nH]c2ccccc12. The molecule has 2 aromatic carbocycles. The van der Waals surface area contributed by atoms with Crippen LogP contribution in [0.1, 0.15) is 28.4 Å². The van der Waals surface area contributed by atoms with E-state index in [-0.39, 0.29) is 5.91 Å². The first kappa shape index (κ1) is 16.7. The van der Waals surface area contributed by atoms with Crippen LogP contribution in [0.15, 0.2) is 54.7 Å². The minimum absolute atomic E-state index is 0.0159. The van der Waals surface area contributed by atoms with Crippen molar-refractivity contribution in [2.24, 2.45) is 0 Å². The van der Waals surface area contributed by atoms with Gasteiger partial charge in [0.05, 0.1) is 0 Å². The van der Waals surface area contributed by atoms with Gasteiger partial charge in [0.1, 0.15) is 0 Å². The number of fused-ring (bicyclic) bond motifs is 1. The van der Waals surface area contributed by atoms with Crippen LogP contribution >= 0.6 is 11.8 Å². The highest BCUT2D eigenvalue weighted by Crippen LogP contribution is 2.18. The van der Waals surface area contributed by atoms with Gasteiger partial charge in [-0.25, -0.2) is 0 Å². The van der Waals surface area contributed by atoms with Gasteiger partial charge < -0.3 is 10.3 Å². The summed E-state index contributed by atoms with van der Waals surface area (Å²) in [5.74, 6) is 1.95. The Kier molecular flexibility index (Phi) is 5.59. The van der Waals surface area contributed by atoms with Crippen LogP contribution in [-0.2, 0) is 12.2 Å². The second-order valence-electron chi connectivity index (χ2n) is 5.66. The number of amides is 1. The summed E-state index contributed by atoms with van der Waals surface area (Å²) in [5, 5.41) is 4.28. The lowest BCUT2D eigenvalue weighted by atomic mass is 10.1. The zero-order chi connectivity index (χ0) is 16.8. The van der Waals surface area contributed by atoms with Gasteiger partial charge in [0.15, 0.2) is 0 Å². The van der Waals surface area contributed by atoms with Crippen molar-refractivity contribution in [1.29, 1.82) is 0 Å². The van der Waals surface area contributed by atoms with Crippen molar-refractivity contribution in [3.8, 4) is 0 Å². The van der Waals surface area contributed by atoms with Gasteiger partial charge in [0.25, 0.3) is 5.91 Å². The van der Waals surface area contributed by atoms with Crippen molar-refractivity contribution in [2.45, 2.75) is 19.1 Å². The molecule has 0 saturated heterocycles. The fourth-order valence-electron chi connectivity index (χ4n) is 2.82. The Balaban J connectivity index is 1.62. The van der Waals surface area contributed by atoms with Crippen LogP contribution in [0, 0.1) is 0 Å². The summed E-state index contributed by atoms with van der Waals surface area (Å²) < 4.78 is 0. The minimum atomic E-state index is 0.0159. The Morgan fingerprint density at radius 1 is 1.08 bits per heavy atom. The summed E-state index contributed by atoms with van der Waals surface area (Å²) in [5.41, 5.74) is 4.27. The summed E-state index contributed by atoms with van der Waals surface area (Å²) in [7, 11) is 0. The first-order valence-electron chi connectivity index (χ1n) is 8.28. The molecule has 0 fully saturated rings. The number of aromatic amines is 1. The minimum Gasteiger partial charge on any atom is -0.361 e. The molecule has 124 valence electrons. The molecule has 0 unspecified atom stereocenters. The van der Waals surface area contributed by atoms with Gasteiger partial charge in [-0.05, 0) is 35.4 Å². The molecule has 1 aromatic heterocycles. The average molecular weight is 338 g/mol. The van der Waals surface area contributed by atoms with Crippen molar-refractivity contribution in [1.82, 2.24) is 10.3 Å². The third kappa shape index (κ3) is 3.82. The summed E-state index contributed by atoms with van der Waals surface area (Å²) in [6.07, 6.45) is 2.85. The molecule has 4 heteroatoms. The molecule has 0 atom stereocenters. The first-order valence-corrected chi connectivity index (χ1v) is 9.44. The lowest BCUT2D eigenvalue weighted by molar-refractivity contribution is 0.0953. The van der Waals surface area contributed by atoms with Crippen LogP contribution in [0.4, 0.5) is 0 Å². The quantitative estimate of drug-likeness (QED) is 0.671. The number of para-hydroxylation sites is 1. The van der Waals surface area contributed by atoms with Gasteiger partial charge in [-0.2, -0.15) is 11.8 Å². The van der Waals surface area contributed by atoms with Crippen LogP contribution in [0.3, 0.4) is 0 Å². The third-order valence-corrected chi connectivity index (χ3v) is 5.00. The third-order valence-electron chi connectivity index (χ3n) is 4.08. The van der Waals surface area contributed by atoms with E-state index in [0.29, 0.717) is 6.54 Å². The predicted octanol–water partition coefficient (Wildman–Crippen LogP) is 4.39. The van der Waals surface area contributed by atoms with Crippen molar-refractivity contribution in [3.63, 3.8) is 0 Å². The van der Waals surface area contributed by atoms with Crippen LogP contribution in [0.2, 0.25) is 0 Å². The van der Waals surface area contributed by atoms with E-state index in [0.717, 1.165) is 34.6 Å². The smallest absolute Gasteiger partial charge is 0.251 e. The number of thioether (sulfide) groups is 1. The molecule has 0 bridgehead atoms. The maximum atomic E-state index is 12.5. The highest BCUT2D eigenvalue weighted by atomic mass is 32.2. The number of benzene rings is 2. The van der Waals surface area contributed by atoms with Crippen molar-refractivity contribution < 1.29 is 4.79 Å². The van der Waals surface area contributed by atoms with E-state index in [1.54, 1.807) is 0 Å². The molecular formula is C20H22N2OS. The van der Waals surface area contributed by atoms with Gasteiger partial charge in [-0.3, -0.25) is 4.79 Å². The van der Waals surface area contributed by atoms with Gasteiger partial charge in [0.2, 0.25) is 0 Å². The molecule has 0 aliphatic carbocycles. The fraction of sp³-hybridized carbons (Fsp3) is 0.250. The Bertz CT molecular complexity index is 825. The summed E-state index contributed by atoms with van der Waals surface area (Å²) in [4.78, 5) is 15.8. The molecule has 3 rings (SSSR count). The molecule has 1 heterocycles. The van der Waals surface area contributed by atoms with E-state index in [1.165, 1.54) is 10.9 Å². The maximum Gasteiger partial charge on any atom is 0.251 e. The Labute approximate surface area is 146 Å². The highest BCUT2D eigenvalue weighted by molar-refractivity contribution is 7.98. The Morgan fingerprint density at radius 3 is 2.75 bits per heavy atom. The number of hydrogen-bond donors (Lipinski definition) is 2. The lowest BCUT2D eigenvalue weighted by Gasteiger charge is -2.09. The molecule has 0 aliphatic rings. The number of carbonyl (C=O) groups is 1. The normalized spacial score (nSPS) is 10.9. The average Bonchev–Trinajstić information content (AvgIpc) is 3.03.